The van der Waals surface area contributed by atoms with Crippen molar-refractivity contribution >= 4 is 0 Å². The largest absolute Gasteiger partial charge is 0.508 e. The van der Waals surface area contributed by atoms with Gasteiger partial charge in [-0.1, -0.05) is 12.1 Å². The van der Waals surface area contributed by atoms with E-state index in [9.17, 15) is 15.3 Å². The summed E-state index contributed by atoms with van der Waals surface area (Å²) in [5.41, 5.74) is 1.26. The van der Waals surface area contributed by atoms with Crippen molar-refractivity contribution < 1.29 is 15.3 Å². The molecule has 2 atom stereocenters. The van der Waals surface area contributed by atoms with E-state index in [0.29, 0.717) is 12.1 Å². The molecule has 0 radical (unpaired) electrons. The number of likely N-dealkylation sites (N-methyl/N-ethyl adjacent to an activating group) is 1. The fourth-order valence-electron chi connectivity index (χ4n) is 1.35. The number of hydrogen-bond donors (Lipinski definition) is 4. The van der Waals surface area contributed by atoms with E-state index in [2.05, 4.69) is 5.32 Å². The van der Waals surface area contributed by atoms with E-state index in [1.807, 2.05) is 0 Å². The zero-order chi connectivity index (χ0) is 11.4. The summed E-state index contributed by atoms with van der Waals surface area (Å²) in [5.74, 6) is 0.128. The lowest BCUT2D eigenvalue weighted by molar-refractivity contribution is 0.0201. The van der Waals surface area contributed by atoms with Gasteiger partial charge in [0.15, 0.2) is 0 Å². The van der Waals surface area contributed by atoms with Crippen molar-refractivity contribution in [3.05, 3.63) is 29.3 Å². The Kier molecular flexibility index (Phi) is 4.08. The predicted octanol–water partition coefficient (Wildman–Crippen LogP) is 0.314. The molecule has 0 amide bonds. The first-order chi connectivity index (χ1) is 7.06. The van der Waals surface area contributed by atoms with Crippen molar-refractivity contribution in [1.82, 2.24) is 5.32 Å². The summed E-state index contributed by atoms with van der Waals surface area (Å²) in [7, 11) is 1.70. The zero-order valence-electron chi connectivity index (χ0n) is 8.94. The first-order valence-corrected chi connectivity index (χ1v) is 4.86. The van der Waals surface area contributed by atoms with Crippen molar-refractivity contribution in [3.63, 3.8) is 0 Å². The predicted molar refractivity (Wildman–Crippen MR) is 57.7 cm³/mol. The lowest BCUT2D eigenvalue weighted by Crippen LogP contribution is -2.29. The number of phenolic OH excluding ortho intramolecular Hbond substituents is 1. The van der Waals surface area contributed by atoms with Crippen LogP contribution >= 0.6 is 0 Å². The molecule has 1 rings (SSSR count). The molecule has 0 saturated heterocycles. The van der Waals surface area contributed by atoms with Gasteiger partial charge in [-0.3, -0.25) is 0 Å². The van der Waals surface area contributed by atoms with Crippen LogP contribution in [0.15, 0.2) is 18.2 Å². The van der Waals surface area contributed by atoms with Crippen LogP contribution in [0.25, 0.3) is 0 Å². The van der Waals surface area contributed by atoms with Gasteiger partial charge in [-0.2, -0.15) is 0 Å². The Balaban J connectivity index is 2.81. The Morgan fingerprint density at radius 1 is 1.33 bits per heavy atom. The average Bonchev–Trinajstić information content (AvgIpc) is 2.21. The van der Waals surface area contributed by atoms with Crippen molar-refractivity contribution in [3.8, 4) is 5.75 Å². The summed E-state index contributed by atoms with van der Waals surface area (Å²) < 4.78 is 0. The number of hydrogen-bond acceptors (Lipinski definition) is 4. The third kappa shape index (κ3) is 2.92. The third-order valence-corrected chi connectivity index (χ3v) is 2.35. The molecule has 1 aromatic carbocycles. The van der Waals surface area contributed by atoms with Gasteiger partial charge in [-0.25, -0.2) is 0 Å². The van der Waals surface area contributed by atoms with E-state index < -0.39 is 12.2 Å². The monoisotopic (exact) mass is 211 g/mol. The van der Waals surface area contributed by atoms with Crippen molar-refractivity contribution in [2.75, 3.05) is 13.6 Å². The summed E-state index contributed by atoms with van der Waals surface area (Å²) in [4.78, 5) is 0. The number of aryl methyl sites for hydroxylation is 1. The highest BCUT2D eigenvalue weighted by Crippen LogP contribution is 2.23. The number of rotatable bonds is 4. The fraction of sp³-hybridized carbons (Fsp3) is 0.455. The highest BCUT2D eigenvalue weighted by Gasteiger charge is 2.18. The Hall–Kier alpha value is -1.10. The zero-order valence-corrected chi connectivity index (χ0v) is 8.94. The molecule has 4 heteroatoms. The van der Waals surface area contributed by atoms with Crippen LogP contribution in [0, 0.1) is 6.92 Å². The molecule has 0 heterocycles. The number of benzene rings is 1. The molecule has 0 saturated carbocycles. The van der Waals surface area contributed by atoms with Crippen molar-refractivity contribution in [2.45, 2.75) is 19.1 Å². The molecule has 0 bridgehead atoms. The summed E-state index contributed by atoms with van der Waals surface area (Å²) in [5, 5.41) is 31.5. The average molecular weight is 211 g/mol. The van der Waals surface area contributed by atoms with Crippen molar-refractivity contribution in [1.29, 1.82) is 0 Å². The quantitative estimate of drug-likeness (QED) is 0.578. The smallest absolute Gasteiger partial charge is 0.118 e. The van der Waals surface area contributed by atoms with Crippen LogP contribution in [-0.4, -0.2) is 35.0 Å². The molecule has 0 fully saturated rings. The summed E-state index contributed by atoms with van der Waals surface area (Å²) >= 11 is 0. The maximum absolute atomic E-state index is 9.73. The minimum Gasteiger partial charge on any atom is -0.508 e. The summed E-state index contributed by atoms with van der Waals surface area (Å²) in [6, 6.07) is 4.87. The highest BCUT2D eigenvalue weighted by molar-refractivity contribution is 5.36. The Bertz CT molecular complexity index is 328. The topological polar surface area (TPSA) is 72.7 Å². The van der Waals surface area contributed by atoms with Gasteiger partial charge >= 0.3 is 0 Å². The second kappa shape index (κ2) is 5.11. The summed E-state index contributed by atoms with van der Waals surface area (Å²) in [6.07, 6.45) is -1.86. The first kappa shape index (κ1) is 12.0. The molecule has 2 unspecified atom stereocenters. The van der Waals surface area contributed by atoms with E-state index in [-0.39, 0.29) is 5.75 Å². The van der Waals surface area contributed by atoms with E-state index in [0.717, 1.165) is 5.56 Å². The molecular formula is C11H17NO3. The van der Waals surface area contributed by atoms with Crippen LogP contribution in [-0.2, 0) is 0 Å². The number of aromatic hydroxyl groups is 1. The molecule has 0 aromatic heterocycles. The van der Waals surface area contributed by atoms with E-state index >= 15 is 0 Å². The molecule has 0 aliphatic heterocycles. The molecule has 84 valence electrons. The molecule has 4 nitrogen and oxygen atoms in total. The second-order valence-corrected chi connectivity index (χ2v) is 3.62. The minimum atomic E-state index is -0.982. The standard InChI is InChI=1S/C11H17NO3/c1-7-3-4-8(5-9(7)13)11(15)10(14)6-12-2/h3-5,10-15H,6H2,1-2H3. The number of phenols is 1. The highest BCUT2D eigenvalue weighted by atomic mass is 16.3. The molecule has 0 spiro atoms. The molecular weight excluding hydrogens is 194 g/mol. The second-order valence-electron chi connectivity index (χ2n) is 3.62. The van der Waals surface area contributed by atoms with E-state index in [4.69, 9.17) is 0 Å². The molecule has 0 aliphatic carbocycles. The Morgan fingerprint density at radius 3 is 2.53 bits per heavy atom. The fourth-order valence-corrected chi connectivity index (χ4v) is 1.35. The van der Waals surface area contributed by atoms with Crippen LogP contribution in [0.2, 0.25) is 0 Å². The summed E-state index contributed by atoms with van der Waals surface area (Å²) in [6.45, 7) is 2.07. The van der Waals surface area contributed by atoms with Gasteiger partial charge in [0.1, 0.15) is 11.9 Å². The van der Waals surface area contributed by atoms with Crippen LogP contribution < -0.4 is 5.32 Å². The maximum Gasteiger partial charge on any atom is 0.118 e. The molecule has 4 N–H and O–H groups in total. The molecule has 0 aliphatic rings. The number of nitrogens with one attached hydrogen (secondary N) is 1. The van der Waals surface area contributed by atoms with Gasteiger partial charge in [0, 0.05) is 6.54 Å². The minimum absolute atomic E-state index is 0.128. The van der Waals surface area contributed by atoms with Gasteiger partial charge in [0.05, 0.1) is 6.10 Å². The SMILES string of the molecule is CNCC(O)C(O)c1ccc(C)c(O)c1. The molecule has 15 heavy (non-hydrogen) atoms. The van der Waals surface area contributed by atoms with Gasteiger partial charge in [-0.15, -0.1) is 0 Å². The normalized spacial score (nSPS) is 14.9. The van der Waals surface area contributed by atoms with Gasteiger partial charge < -0.3 is 20.6 Å². The maximum atomic E-state index is 9.73. The van der Waals surface area contributed by atoms with E-state index in [1.54, 1.807) is 26.1 Å². The van der Waals surface area contributed by atoms with Crippen LogP contribution in [0.1, 0.15) is 17.2 Å². The molecule has 1 aromatic rings. The third-order valence-electron chi connectivity index (χ3n) is 2.35. The lowest BCUT2D eigenvalue weighted by atomic mass is 10.0. The Morgan fingerprint density at radius 2 is 2.00 bits per heavy atom. The number of aliphatic hydroxyl groups is 2. The Labute approximate surface area is 89.2 Å². The number of aliphatic hydroxyl groups excluding tert-OH is 2. The first-order valence-electron chi connectivity index (χ1n) is 4.86. The lowest BCUT2D eigenvalue weighted by Gasteiger charge is -2.18. The van der Waals surface area contributed by atoms with Crippen LogP contribution in [0.4, 0.5) is 0 Å². The van der Waals surface area contributed by atoms with Crippen LogP contribution in [0.5, 0.6) is 5.75 Å². The van der Waals surface area contributed by atoms with Gasteiger partial charge in [0.2, 0.25) is 0 Å². The van der Waals surface area contributed by atoms with Crippen LogP contribution in [0.3, 0.4) is 0 Å². The van der Waals surface area contributed by atoms with Crippen molar-refractivity contribution in [2.24, 2.45) is 0 Å². The van der Waals surface area contributed by atoms with Gasteiger partial charge in [-0.05, 0) is 31.2 Å². The van der Waals surface area contributed by atoms with E-state index in [1.165, 1.54) is 6.07 Å². The van der Waals surface area contributed by atoms with Gasteiger partial charge in [0.25, 0.3) is 0 Å².